The smallest absolute Gasteiger partial charge is 0.324 e. The number of rotatable bonds is 6. The molecule has 0 bridgehead atoms. The Morgan fingerprint density at radius 3 is 2.35 bits per heavy atom. The van der Waals surface area contributed by atoms with Crippen LogP contribution in [0.25, 0.3) is 0 Å². The van der Waals surface area contributed by atoms with E-state index in [1.165, 1.54) is 6.92 Å². The molecule has 0 radical (unpaired) electrons. The molecule has 0 aliphatic heterocycles. The highest BCUT2D eigenvalue weighted by Gasteiger charge is 2.41. The molecule has 1 aromatic rings. The lowest BCUT2D eigenvalue weighted by Gasteiger charge is -2.22. The second-order valence-electron chi connectivity index (χ2n) is 4.50. The SMILES string of the molecule is CC(C(=O)NCC(F)(F)C(F)F)C(N)c1ccccc1. The largest absolute Gasteiger partial charge is 0.350 e. The summed E-state index contributed by atoms with van der Waals surface area (Å²) in [5.41, 5.74) is 6.50. The van der Waals surface area contributed by atoms with Crippen molar-refractivity contribution < 1.29 is 22.4 Å². The van der Waals surface area contributed by atoms with Crippen LogP contribution >= 0.6 is 0 Å². The molecule has 0 heterocycles. The summed E-state index contributed by atoms with van der Waals surface area (Å²) in [6.07, 6.45) is -3.82. The Morgan fingerprint density at radius 1 is 1.30 bits per heavy atom. The molecule has 0 saturated carbocycles. The van der Waals surface area contributed by atoms with E-state index in [0.717, 1.165) is 0 Å². The first-order chi connectivity index (χ1) is 9.25. The maximum Gasteiger partial charge on any atom is 0.324 e. The van der Waals surface area contributed by atoms with Crippen molar-refractivity contribution in [2.75, 3.05) is 6.54 Å². The normalized spacial score (nSPS) is 14.9. The molecular formula is C13H16F4N2O. The summed E-state index contributed by atoms with van der Waals surface area (Å²) in [5, 5.41) is 1.81. The van der Waals surface area contributed by atoms with E-state index in [4.69, 9.17) is 5.73 Å². The van der Waals surface area contributed by atoms with Crippen LogP contribution in [-0.2, 0) is 4.79 Å². The van der Waals surface area contributed by atoms with Crippen molar-refractivity contribution in [3.63, 3.8) is 0 Å². The van der Waals surface area contributed by atoms with E-state index < -0.39 is 36.8 Å². The molecule has 112 valence electrons. The first-order valence-electron chi connectivity index (χ1n) is 6.00. The molecule has 3 nitrogen and oxygen atoms in total. The highest BCUT2D eigenvalue weighted by molar-refractivity contribution is 5.79. The number of alkyl halides is 4. The van der Waals surface area contributed by atoms with Gasteiger partial charge in [0.15, 0.2) is 0 Å². The number of nitrogens with two attached hydrogens (primary N) is 1. The fourth-order valence-electron chi connectivity index (χ4n) is 1.57. The van der Waals surface area contributed by atoms with Crippen LogP contribution in [0, 0.1) is 5.92 Å². The molecule has 1 amide bonds. The summed E-state index contributed by atoms with van der Waals surface area (Å²) in [7, 11) is 0. The van der Waals surface area contributed by atoms with Gasteiger partial charge in [0.2, 0.25) is 5.91 Å². The fourth-order valence-corrected chi connectivity index (χ4v) is 1.57. The van der Waals surface area contributed by atoms with Crippen LogP contribution in [-0.4, -0.2) is 24.8 Å². The average molecular weight is 292 g/mol. The van der Waals surface area contributed by atoms with Crippen molar-refractivity contribution >= 4 is 5.91 Å². The van der Waals surface area contributed by atoms with Crippen LogP contribution in [0.4, 0.5) is 17.6 Å². The standard InChI is InChI=1S/C13H16F4N2O/c1-8(10(18)9-5-3-2-4-6-9)11(20)19-7-13(16,17)12(14)15/h2-6,8,10,12H,7,18H2,1H3,(H,19,20). The highest BCUT2D eigenvalue weighted by atomic mass is 19.3. The third kappa shape index (κ3) is 4.19. The van der Waals surface area contributed by atoms with E-state index in [1.54, 1.807) is 35.6 Å². The Hall–Kier alpha value is -1.63. The van der Waals surface area contributed by atoms with Gasteiger partial charge in [-0.1, -0.05) is 37.3 Å². The first kappa shape index (κ1) is 16.4. The van der Waals surface area contributed by atoms with E-state index >= 15 is 0 Å². The Labute approximate surface area is 114 Å². The summed E-state index contributed by atoms with van der Waals surface area (Å²) in [4.78, 5) is 11.7. The molecule has 7 heteroatoms. The molecule has 3 N–H and O–H groups in total. The van der Waals surface area contributed by atoms with Gasteiger partial charge in [0.1, 0.15) is 0 Å². The Kier molecular flexibility index (Phi) is 5.50. The van der Waals surface area contributed by atoms with Gasteiger partial charge in [-0.3, -0.25) is 4.79 Å². The number of hydrogen-bond acceptors (Lipinski definition) is 2. The number of hydrogen-bond donors (Lipinski definition) is 2. The maximum absolute atomic E-state index is 12.7. The van der Waals surface area contributed by atoms with Crippen molar-refractivity contribution in [2.24, 2.45) is 11.7 Å². The third-order valence-electron chi connectivity index (χ3n) is 2.95. The molecule has 0 saturated heterocycles. The summed E-state index contributed by atoms with van der Waals surface area (Å²) in [6, 6.07) is 7.92. The van der Waals surface area contributed by atoms with Gasteiger partial charge in [0, 0.05) is 6.04 Å². The molecule has 2 unspecified atom stereocenters. The Bertz CT molecular complexity index is 439. The molecule has 1 aromatic carbocycles. The zero-order valence-electron chi connectivity index (χ0n) is 10.8. The number of nitrogens with one attached hydrogen (secondary N) is 1. The lowest BCUT2D eigenvalue weighted by molar-refractivity contribution is -0.138. The molecule has 0 aliphatic carbocycles. The Morgan fingerprint density at radius 2 is 1.85 bits per heavy atom. The van der Waals surface area contributed by atoms with Gasteiger partial charge in [-0.05, 0) is 5.56 Å². The lowest BCUT2D eigenvalue weighted by Crippen LogP contribution is -2.44. The van der Waals surface area contributed by atoms with Crippen molar-refractivity contribution in [3.8, 4) is 0 Å². The van der Waals surface area contributed by atoms with Gasteiger partial charge in [-0.2, -0.15) is 8.78 Å². The van der Waals surface area contributed by atoms with Gasteiger partial charge in [0.25, 0.3) is 0 Å². The number of carbonyl (C=O) groups is 1. The summed E-state index contributed by atoms with van der Waals surface area (Å²) in [6.45, 7) is 0.0445. The van der Waals surface area contributed by atoms with Gasteiger partial charge < -0.3 is 11.1 Å². The van der Waals surface area contributed by atoms with E-state index in [9.17, 15) is 22.4 Å². The fraction of sp³-hybridized carbons (Fsp3) is 0.462. The minimum Gasteiger partial charge on any atom is -0.350 e. The quantitative estimate of drug-likeness (QED) is 0.791. The molecule has 0 spiro atoms. The molecular weight excluding hydrogens is 276 g/mol. The predicted molar refractivity (Wildman–Crippen MR) is 66.5 cm³/mol. The number of amides is 1. The zero-order valence-corrected chi connectivity index (χ0v) is 10.8. The number of halogens is 4. The van der Waals surface area contributed by atoms with E-state index in [0.29, 0.717) is 5.56 Å². The van der Waals surface area contributed by atoms with Crippen LogP contribution in [0.5, 0.6) is 0 Å². The van der Waals surface area contributed by atoms with Crippen molar-refractivity contribution in [1.82, 2.24) is 5.32 Å². The van der Waals surface area contributed by atoms with Gasteiger partial charge >= 0.3 is 12.3 Å². The minimum absolute atomic E-state index is 0.663. The van der Waals surface area contributed by atoms with E-state index in [-0.39, 0.29) is 0 Å². The average Bonchev–Trinajstić information content (AvgIpc) is 2.44. The zero-order chi connectivity index (χ0) is 15.3. The summed E-state index contributed by atoms with van der Waals surface area (Å²) < 4.78 is 49.3. The monoisotopic (exact) mass is 292 g/mol. The van der Waals surface area contributed by atoms with E-state index in [2.05, 4.69) is 0 Å². The maximum atomic E-state index is 12.7. The van der Waals surface area contributed by atoms with Crippen LogP contribution in [0.3, 0.4) is 0 Å². The molecule has 2 atom stereocenters. The summed E-state index contributed by atoms with van der Waals surface area (Å²) >= 11 is 0. The topological polar surface area (TPSA) is 55.1 Å². The number of carbonyl (C=O) groups excluding carboxylic acids is 1. The van der Waals surface area contributed by atoms with E-state index in [1.807, 2.05) is 0 Å². The van der Waals surface area contributed by atoms with Crippen LogP contribution in [0.2, 0.25) is 0 Å². The van der Waals surface area contributed by atoms with Crippen molar-refractivity contribution in [1.29, 1.82) is 0 Å². The van der Waals surface area contributed by atoms with Gasteiger partial charge in [0.05, 0.1) is 12.5 Å². The second kappa shape index (κ2) is 6.69. The van der Waals surface area contributed by atoms with Gasteiger partial charge in [-0.15, -0.1) is 0 Å². The van der Waals surface area contributed by atoms with Crippen LogP contribution in [0.15, 0.2) is 30.3 Å². The van der Waals surface area contributed by atoms with Crippen LogP contribution < -0.4 is 11.1 Å². The minimum atomic E-state index is -4.24. The van der Waals surface area contributed by atoms with Gasteiger partial charge in [-0.25, -0.2) is 8.78 Å². The molecule has 1 rings (SSSR count). The summed E-state index contributed by atoms with van der Waals surface area (Å²) in [5.74, 6) is -5.85. The third-order valence-corrected chi connectivity index (χ3v) is 2.95. The highest BCUT2D eigenvalue weighted by Crippen LogP contribution is 2.23. The second-order valence-corrected chi connectivity index (χ2v) is 4.50. The van der Waals surface area contributed by atoms with Crippen LogP contribution in [0.1, 0.15) is 18.5 Å². The molecule has 20 heavy (non-hydrogen) atoms. The molecule has 0 aliphatic rings. The van der Waals surface area contributed by atoms with Crippen molar-refractivity contribution in [3.05, 3.63) is 35.9 Å². The molecule has 0 fully saturated rings. The first-order valence-corrected chi connectivity index (χ1v) is 6.00. The lowest BCUT2D eigenvalue weighted by atomic mass is 9.94. The number of benzene rings is 1. The molecule has 0 aromatic heterocycles. The predicted octanol–water partition coefficient (Wildman–Crippen LogP) is 2.34. The van der Waals surface area contributed by atoms with Crippen molar-refractivity contribution in [2.45, 2.75) is 25.3 Å². The Balaban J connectivity index is 2.60.